The summed E-state index contributed by atoms with van der Waals surface area (Å²) in [5.74, 6) is 1.21. The molecule has 5 atom stereocenters. The second-order valence-electron chi connectivity index (χ2n) is 23.9. The number of rotatable bonds is 15. The van der Waals surface area contributed by atoms with Gasteiger partial charge in [0.15, 0.2) is 5.75 Å². The van der Waals surface area contributed by atoms with Crippen LogP contribution in [0.3, 0.4) is 0 Å². The molecule has 5 fully saturated rings. The van der Waals surface area contributed by atoms with Crippen LogP contribution in [0, 0.1) is 34.3 Å². The minimum atomic E-state index is -4.65. The molecule has 3 saturated heterocycles. The molecule has 12 rings (SSSR count). The highest BCUT2D eigenvalue weighted by atomic mass is 32.2. The molecule has 434 valence electrons. The smallest absolute Gasteiger partial charge is 0.293 e. The summed E-state index contributed by atoms with van der Waals surface area (Å²) >= 11 is 0. The normalized spacial score (nSPS) is 25.6. The van der Waals surface area contributed by atoms with E-state index in [1.807, 2.05) is 49.6 Å². The van der Waals surface area contributed by atoms with Crippen LogP contribution in [-0.4, -0.2) is 140 Å². The Balaban J connectivity index is 0.800. The molecule has 1 amide bonds. The molecular formula is C61H74N10O10S. The highest BCUT2D eigenvalue weighted by Crippen LogP contribution is 2.57. The quantitative estimate of drug-likeness (QED) is 0.0555. The van der Waals surface area contributed by atoms with E-state index in [0.29, 0.717) is 85.5 Å². The molecule has 4 aliphatic heterocycles. The van der Waals surface area contributed by atoms with Gasteiger partial charge in [0.1, 0.15) is 23.1 Å². The van der Waals surface area contributed by atoms with Crippen molar-refractivity contribution in [1.82, 2.24) is 29.5 Å². The van der Waals surface area contributed by atoms with E-state index in [9.17, 15) is 28.4 Å². The SMILES string of the molecule is COc1cc(CN2CCN([C@H]3CC4(CCN(c5ccc(C(=O)NS(=O)(=O)c6ccc(NC[C@H]7CC[C@](C)(O)CC7)c([N+](=O)[O-])c6)c(N6c7cc8cc[nH]c8nc7O[C@H]7COCC[C@@H]76)c5)CC4)[C@@H]3C)[C@H](c3ccccc3C)C2)cnc1OC. The summed E-state index contributed by atoms with van der Waals surface area (Å²) in [6.07, 6.45) is 9.65. The number of carbonyl (C=O) groups is 1. The standard InChI is InChI=1S/C61H74N10O10S/c1-38-8-6-7-9-45(38)53-36-67(35-41-28-54(78-4)59(79-5)64-34-41)25-26-69(53)52-32-61(39(52)2)20-23-68(24-21-61)43-10-12-46(49(30-43)70-48-17-27-80-37-55(48)81-58-51(70)29-42-16-22-62-56(42)65-58)57(72)66-82(76,77)44-11-13-47(50(31-44)71(74)75)63-33-40-14-18-60(3,73)19-15-40/h6-13,16,22,28-31,34,39-40,48,52-53,55,63,73H,14-15,17-21,23-27,32-33,35-37H2,1-5H3,(H,62,65)(H,66,72)/t39-,40-,48+,52+,53+,55+,60-/m1/s1. The lowest BCUT2D eigenvalue weighted by Gasteiger charge is -2.62. The zero-order valence-corrected chi connectivity index (χ0v) is 48.1. The Bertz CT molecular complexity index is 3490. The van der Waals surface area contributed by atoms with Crippen LogP contribution in [0.2, 0.25) is 0 Å². The van der Waals surface area contributed by atoms with Gasteiger partial charge in [-0.1, -0.05) is 31.2 Å². The van der Waals surface area contributed by atoms with E-state index in [0.717, 1.165) is 94.1 Å². The lowest BCUT2D eigenvalue weighted by Crippen LogP contribution is -2.64. The highest BCUT2D eigenvalue weighted by molar-refractivity contribution is 7.90. The molecule has 6 aromatic rings. The zero-order chi connectivity index (χ0) is 57.1. The van der Waals surface area contributed by atoms with Gasteiger partial charge in [0.05, 0.1) is 53.5 Å². The van der Waals surface area contributed by atoms with Gasteiger partial charge in [0, 0.05) is 94.0 Å². The number of aryl methyl sites for hydroxylation is 1. The first-order valence-corrected chi connectivity index (χ1v) is 30.3. The maximum absolute atomic E-state index is 14.9. The second-order valence-corrected chi connectivity index (χ2v) is 25.6. The first-order chi connectivity index (χ1) is 39.5. The Labute approximate surface area is 478 Å². The van der Waals surface area contributed by atoms with E-state index in [4.69, 9.17) is 23.9 Å². The van der Waals surface area contributed by atoms with Gasteiger partial charge in [-0.25, -0.2) is 18.1 Å². The molecule has 6 aliphatic rings. The van der Waals surface area contributed by atoms with Crippen LogP contribution >= 0.6 is 0 Å². The number of nitro benzene ring substituents is 1. The fourth-order valence-corrected chi connectivity index (χ4v) is 15.1. The molecule has 3 aromatic heterocycles. The number of methoxy groups -OCH3 is 2. The highest BCUT2D eigenvalue weighted by Gasteiger charge is 2.55. The summed E-state index contributed by atoms with van der Waals surface area (Å²) in [4.78, 5) is 48.6. The number of carbonyl (C=O) groups excluding carboxylic acids is 1. The summed E-state index contributed by atoms with van der Waals surface area (Å²) in [7, 11) is -1.41. The number of nitrogens with one attached hydrogen (secondary N) is 3. The lowest BCUT2D eigenvalue weighted by molar-refractivity contribution is -0.384. The van der Waals surface area contributed by atoms with Crippen LogP contribution in [0.25, 0.3) is 11.0 Å². The second kappa shape index (κ2) is 22.3. The predicted octanol–water partition coefficient (Wildman–Crippen LogP) is 8.91. The van der Waals surface area contributed by atoms with Gasteiger partial charge < -0.3 is 44.2 Å². The van der Waals surface area contributed by atoms with Crippen molar-refractivity contribution in [3.63, 3.8) is 0 Å². The number of hydrogen-bond acceptors (Lipinski definition) is 17. The van der Waals surface area contributed by atoms with E-state index in [2.05, 4.69) is 77.7 Å². The molecule has 0 bridgehead atoms. The molecule has 2 saturated carbocycles. The van der Waals surface area contributed by atoms with E-state index >= 15 is 0 Å². The molecule has 7 heterocycles. The molecule has 2 aliphatic carbocycles. The Morgan fingerprint density at radius 2 is 1.76 bits per heavy atom. The molecule has 21 heteroatoms. The summed E-state index contributed by atoms with van der Waals surface area (Å²) in [6, 6.07) is 24.3. The number of nitrogens with zero attached hydrogens (tertiary/aromatic N) is 7. The molecular weight excluding hydrogens is 1060 g/mol. The van der Waals surface area contributed by atoms with Crippen molar-refractivity contribution < 1.29 is 42.2 Å². The van der Waals surface area contributed by atoms with E-state index in [1.165, 1.54) is 23.3 Å². The van der Waals surface area contributed by atoms with E-state index in [1.54, 1.807) is 20.3 Å². The average molecular weight is 1140 g/mol. The van der Waals surface area contributed by atoms with Crippen molar-refractivity contribution in [3.8, 4) is 17.5 Å². The lowest BCUT2D eigenvalue weighted by atomic mass is 9.53. The number of aliphatic hydroxyl groups is 1. The number of aromatic amines is 1. The van der Waals surface area contributed by atoms with Crippen molar-refractivity contribution >= 4 is 55.4 Å². The number of amides is 1. The molecule has 4 N–H and O–H groups in total. The minimum Gasteiger partial charge on any atom is -0.491 e. The van der Waals surface area contributed by atoms with Crippen molar-refractivity contribution in [1.29, 1.82) is 0 Å². The molecule has 3 aromatic carbocycles. The summed E-state index contributed by atoms with van der Waals surface area (Å²) in [5, 5.41) is 26.9. The molecule has 0 unspecified atom stereocenters. The Morgan fingerprint density at radius 3 is 2.51 bits per heavy atom. The predicted molar refractivity (Wildman–Crippen MR) is 312 cm³/mol. The van der Waals surface area contributed by atoms with Gasteiger partial charge in [-0.2, -0.15) is 4.98 Å². The summed E-state index contributed by atoms with van der Waals surface area (Å²) in [6.45, 7) is 12.8. The number of sulfonamides is 1. The summed E-state index contributed by atoms with van der Waals surface area (Å²) < 4.78 is 54.4. The van der Waals surface area contributed by atoms with Gasteiger partial charge in [-0.15, -0.1) is 0 Å². The van der Waals surface area contributed by atoms with Crippen LogP contribution in [0.15, 0.2) is 96.2 Å². The van der Waals surface area contributed by atoms with Crippen LogP contribution in [0.5, 0.6) is 17.5 Å². The van der Waals surface area contributed by atoms with Crippen molar-refractivity contribution in [3.05, 3.63) is 124 Å². The number of H-pyrrole nitrogens is 1. The van der Waals surface area contributed by atoms with Gasteiger partial charge in [0.25, 0.3) is 27.5 Å². The Kier molecular flexibility index (Phi) is 15.1. The number of aromatic nitrogens is 3. The van der Waals surface area contributed by atoms with Crippen LogP contribution in [-0.2, 0) is 21.3 Å². The third-order valence-electron chi connectivity index (χ3n) is 19.0. The fraction of sp³-hybridized carbons (Fsp3) is 0.492. The van der Waals surface area contributed by atoms with Crippen LogP contribution < -0.4 is 34.0 Å². The van der Waals surface area contributed by atoms with Crippen LogP contribution in [0.1, 0.15) is 98.3 Å². The first kappa shape index (κ1) is 55.5. The Morgan fingerprint density at radius 1 is 0.951 bits per heavy atom. The number of ether oxygens (including phenoxy) is 4. The number of piperidine rings is 1. The van der Waals surface area contributed by atoms with Gasteiger partial charge in [0.2, 0.25) is 5.88 Å². The topological polar surface area (TPSA) is 230 Å². The van der Waals surface area contributed by atoms with Crippen molar-refractivity contribution in [2.24, 2.45) is 17.3 Å². The number of nitro groups is 1. The average Bonchev–Trinajstić information content (AvgIpc) is 1.61. The van der Waals surface area contributed by atoms with E-state index < -0.39 is 43.1 Å². The summed E-state index contributed by atoms with van der Waals surface area (Å²) in [5.41, 5.74) is 5.68. The molecule has 0 radical (unpaired) electrons. The number of hydrogen-bond donors (Lipinski definition) is 4. The number of pyridine rings is 2. The first-order valence-electron chi connectivity index (χ1n) is 28.8. The Hall–Kier alpha value is -7.04. The number of fused-ring (bicyclic) bond motifs is 3. The minimum absolute atomic E-state index is 0.103. The maximum atomic E-state index is 14.9. The number of anilines is 4. The number of piperazine rings is 1. The van der Waals surface area contributed by atoms with Crippen molar-refractivity contribution in [2.45, 2.75) is 113 Å². The van der Waals surface area contributed by atoms with E-state index in [-0.39, 0.29) is 34.7 Å². The van der Waals surface area contributed by atoms with Crippen molar-refractivity contribution in [2.75, 3.05) is 81.8 Å². The third kappa shape index (κ3) is 10.7. The van der Waals surface area contributed by atoms with Gasteiger partial charge in [-0.3, -0.25) is 24.7 Å². The number of benzene rings is 3. The molecule has 1 spiro atoms. The maximum Gasteiger partial charge on any atom is 0.293 e. The fourth-order valence-electron chi connectivity index (χ4n) is 14.1. The zero-order valence-electron chi connectivity index (χ0n) is 47.3. The monoisotopic (exact) mass is 1140 g/mol. The van der Waals surface area contributed by atoms with Crippen LogP contribution in [0.4, 0.5) is 28.4 Å². The largest absolute Gasteiger partial charge is 0.491 e. The molecule has 20 nitrogen and oxygen atoms in total. The molecule has 82 heavy (non-hydrogen) atoms. The van der Waals surface area contributed by atoms with Gasteiger partial charge in [-0.05, 0) is 148 Å². The third-order valence-corrected chi connectivity index (χ3v) is 20.3. The van der Waals surface area contributed by atoms with Gasteiger partial charge >= 0.3 is 0 Å².